The summed E-state index contributed by atoms with van der Waals surface area (Å²) in [6.07, 6.45) is 2.65. The molecule has 1 aromatic carbocycles. The normalized spacial score (nSPS) is 17.5. The Balaban J connectivity index is 2.32. The second-order valence-corrected chi connectivity index (χ2v) is 4.91. The van der Waals surface area contributed by atoms with Crippen LogP contribution in [0.25, 0.3) is 0 Å². The van der Waals surface area contributed by atoms with Gasteiger partial charge in [-0.25, -0.2) is 0 Å². The Morgan fingerprint density at radius 3 is 2.73 bits per heavy atom. The zero-order chi connectivity index (χ0) is 10.8. The Hall–Kier alpha value is -0.540. The Bertz CT molecular complexity index is 349. The summed E-state index contributed by atoms with van der Waals surface area (Å²) in [6.45, 7) is 0. The quantitative estimate of drug-likeness (QED) is 0.907. The fourth-order valence-corrected chi connectivity index (χ4v) is 2.36. The summed E-state index contributed by atoms with van der Waals surface area (Å²) in [4.78, 5) is 0. The molecule has 15 heavy (non-hydrogen) atoms. The van der Waals surface area contributed by atoms with Gasteiger partial charge < -0.3 is 10.1 Å². The maximum Gasteiger partial charge on any atom is 0.124 e. The van der Waals surface area contributed by atoms with Crippen LogP contribution in [0.1, 0.15) is 24.4 Å². The van der Waals surface area contributed by atoms with E-state index < -0.39 is 0 Å². The maximum atomic E-state index is 5.42. The van der Waals surface area contributed by atoms with Crippen LogP contribution >= 0.6 is 15.9 Å². The standard InChI is InChI=1S/C12H16BrNO/c1-14-12(8-3-4-8)10-6-5-9(13)7-11(10)15-2/h5-8,12,14H,3-4H2,1-2H3. The van der Waals surface area contributed by atoms with Crippen molar-refractivity contribution in [2.75, 3.05) is 14.2 Å². The van der Waals surface area contributed by atoms with E-state index in [0.717, 1.165) is 16.1 Å². The third kappa shape index (κ3) is 2.34. The van der Waals surface area contributed by atoms with Crippen molar-refractivity contribution in [3.8, 4) is 5.75 Å². The average molecular weight is 270 g/mol. The molecule has 1 aliphatic rings. The highest BCUT2D eigenvalue weighted by Crippen LogP contribution is 2.43. The number of hydrogen-bond donors (Lipinski definition) is 1. The molecule has 0 heterocycles. The molecular weight excluding hydrogens is 254 g/mol. The van der Waals surface area contributed by atoms with Crippen molar-refractivity contribution < 1.29 is 4.74 Å². The van der Waals surface area contributed by atoms with E-state index in [-0.39, 0.29) is 0 Å². The lowest BCUT2D eigenvalue weighted by molar-refractivity contribution is 0.396. The van der Waals surface area contributed by atoms with E-state index in [4.69, 9.17) is 4.74 Å². The molecule has 2 rings (SSSR count). The number of ether oxygens (including phenoxy) is 1. The van der Waals surface area contributed by atoms with Crippen LogP contribution in [0.5, 0.6) is 5.75 Å². The van der Waals surface area contributed by atoms with Gasteiger partial charge in [0.05, 0.1) is 7.11 Å². The minimum Gasteiger partial charge on any atom is -0.496 e. The van der Waals surface area contributed by atoms with Crippen molar-refractivity contribution in [2.45, 2.75) is 18.9 Å². The molecule has 1 aromatic rings. The molecule has 1 aliphatic carbocycles. The van der Waals surface area contributed by atoms with Crippen LogP contribution in [0, 0.1) is 5.92 Å². The van der Waals surface area contributed by atoms with Gasteiger partial charge in [0.15, 0.2) is 0 Å². The van der Waals surface area contributed by atoms with Gasteiger partial charge in [0.25, 0.3) is 0 Å². The SMILES string of the molecule is CNC(c1ccc(Br)cc1OC)C1CC1. The zero-order valence-electron chi connectivity index (χ0n) is 9.09. The van der Waals surface area contributed by atoms with Gasteiger partial charge in [-0.2, -0.15) is 0 Å². The third-order valence-electron chi connectivity index (χ3n) is 2.94. The molecule has 0 saturated heterocycles. The van der Waals surface area contributed by atoms with E-state index in [0.29, 0.717) is 6.04 Å². The molecule has 0 radical (unpaired) electrons. The Morgan fingerprint density at radius 1 is 1.47 bits per heavy atom. The minimum absolute atomic E-state index is 0.438. The van der Waals surface area contributed by atoms with Gasteiger partial charge in [-0.05, 0) is 37.9 Å². The van der Waals surface area contributed by atoms with Gasteiger partial charge in [0, 0.05) is 16.1 Å². The van der Waals surface area contributed by atoms with Crippen LogP contribution in [0.2, 0.25) is 0 Å². The lowest BCUT2D eigenvalue weighted by Crippen LogP contribution is -2.18. The van der Waals surface area contributed by atoms with Gasteiger partial charge in [0.1, 0.15) is 5.75 Å². The van der Waals surface area contributed by atoms with Crippen molar-refractivity contribution in [2.24, 2.45) is 5.92 Å². The van der Waals surface area contributed by atoms with Crippen LogP contribution in [0.3, 0.4) is 0 Å². The summed E-state index contributed by atoms with van der Waals surface area (Å²) in [5.74, 6) is 1.75. The second-order valence-electron chi connectivity index (χ2n) is 3.99. The van der Waals surface area contributed by atoms with Crippen LogP contribution in [-0.2, 0) is 0 Å². The molecule has 1 unspecified atom stereocenters. The monoisotopic (exact) mass is 269 g/mol. The van der Waals surface area contributed by atoms with E-state index in [9.17, 15) is 0 Å². The molecule has 3 heteroatoms. The molecule has 1 saturated carbocycles. The van der Waals surface area contributed by atoms with Gasteiger partial charge in [-0.1, -0.05) is 22.0 Å². The smallest absolute Gasteiger partial charge is 0.124 e. The fraction of sp³-hybridized carbons (Fsp3) is 0.500. The molecule has 2 nitrogen and oxygen atoms in total. The fourth-order valence-electron chi connectivity index (χ4n) is 2.02. The number of methoxy groups -OCH3 is 1. The zero-order valence-corrected chi connectivity index (χ0v) is 10.7. The van der Waals surface area contributed by atoms with E-state index in [1.165, 1.54) is 18.4 Å². The number of rotatable bonds is 4. The molecule has 0 bridgehead atoms. The number of hydrogen-bond acceptors (Lipinski definition) is 2. The highest BCUT2D eigenvalue weighted by atomic mass is 79.9. The lowest BCUT2D eigenvalue weighted by Gasteiger charge is -2.19. The predicted molar refractivity (Wildman–Crippen MR) is 65.2 cm³/mol. The van der Waals surface area contributed by atoms with Crippen molar-refractivity contribution in [3.05, 3.63) is 28.2 Å². The number of benzene rings is 1. The summed E-state index contributed by atoms with van der Waals surface area (Å²) >= 11 is 3.46. The molecule has 0 aromatic heterocycles. The van der Waals surface area contributed by atoms with E-state index in [1.807, 2.05) is 13.1 Å². The largest absolute Gasteiger partial charge is 0.496 e. The highest BCUT2D eigenvalue weighted by molar-refractivity contribution is 9.10. The third-order valence-corrected chi connectivity index (χ3v) is 3.43. The molecule has 0 spiro atoms. The molecule has 1 N–H and O–H groups in total. The van der Waals surface area contributed by atoms with Crippen LogP contribution in [0.4, 0.5) is 0 Å². The number of nitrogens with one attached hydrogen (secondary N) is 1. The van der Waals surface area contributed by atoms with E-state index in [1.54, 1.807) is 7.11 Å². The second kappa shape index (κ2) is 4.54. The first kappa shape index (κ1) is 11.0. The van der Waals surface area contributed by atoms with Crippen LogP contribution < -0.4 is 10.1 Å². The summed E-state index contributed by atoms with van der Waals surface area (Å²) in [5, 5.41) is 3.38. The first-order valence-electron chi connectivity index (χ1n) is 5.27. The van der Waals surface area contributed by atoms with Crippen LogP contribution in [-0.4, -0.2) is 14.2 Å². The van der Waals surface area contributed by atoms with E-state index in [2.05, 4.69) is 33.4 Å². The van der Waals surface area contributed by atoms with Gasteiger partial charge in [-0.3, -0.25) is 0 Å². The van der Waals surface area contributed by atoms with Crippen molar-refractivity contribution in [1.82, 2.24) is 5.32 Å². The Kier molecular flexibility index (Phi) is 3.32. The summed E-state index contributed by atoms with van der Waals surface area (Å²) in [7, 11) is 3.75. The summed E-state index contributed by atoms with van der Waals surface area (Å²) < 4.78 is 6.48. The van der Waals surface area contributed by atoms with Crippen molar-refractivity contribution >= 4 is 15.9 Å². The first-order chi connectivity index (χ1) is 7.26. The summed E-state index contributed by atoms with van der Waals surface area (Å²) in [5.41, 5.74) is 1.27. The molecule has 82 valence electrons. The van der Waals surface area contributed by atoms with Crippen molar-refractivity contribution in [1.29, 1.82) is 0 Å². The minimum atomic E-state index is 0.438. The van der Waals surface area contributed by atoms with Gasteiger partial charge in [-0.15, -0.1) is 0 Å². The Labute approximate surface area is 99.1 Å². The summed E-state index contributed by atoms with van der Waals surface area (Å²) in [6, 6.07) is 6.68. The molecule has 1 fully saturated rings. The maximum absolute atomic E-state index is 5.42. The van der Waals surface area contributed by atoms with Gasteiger partial charge >= 0.3 is 0 Å². The molecular formula is C12H16BrNO. The Morgan fingerprint density at radius 2 is 2.20 bits per heavy atom. The predicted octanol–water partition coefficient (Wildman–Crippen LogP) is 3.13. The molecule has 0 amide bonds. The first-order valence-corrected chi connectivity index (χ1v) is 6.06. The lowest BCUT2D eigenvalue weighted by atomic mass is 10.0. The number of halogens is 1. The molecule has 1 atom stereocenters. The average Bonchev–Trinajstić information content (AvgIpc) is 3.05. The van der Waals surface area contributed by atoms with Gasteiger partial charge in [0.2, 0.25) is 0 Å². The van der Waals surface area contributed by atoms with Crippen molar-refractivity contribution in [3.63, 3.8) is 0 Å². The van der Waals surface area contributed by atoms with E-state index >= 15 is 0 Å². The molecule has 0 aliphatic heterocycles. The van der Waals surface area contributed by atoms with Crippen LogP contribution in [0.15, 0.2) is 22.7 Å². The topological polar surface area (TPSA) is 21.3 Å². The highest BCUT2D eigenvalue weighted by Gasteiger charge is 2.32.